The van der Waals surface area contributed by atoms with Gasteiger partial charge in [0.15, 0.2) is 0 Å². The normalized spacial score (nSPS) is 20.0. The molecule has 0 spiro atoms. The molecule has 0 radical (unpaired) electrons. The second-order valence-electron chi connectivity index (χ2n) is 5.66. The smallest absolute Gasteiger partial charge is 0.241 e. The lowest BCUT2D eigenvalue weighted by atomic mass is 10.1. The van der Waals surface area contributed by atoms with E-state index in [1.165, 1.54) is 6.07 Å². The molecule has 5 nitrogen and oxygen atoms in total. The van der Waals surface area contributed by atoms with Gasteiger partial charge in [0.1, 0.15) is 0 Å². The highest BCUT2D eigenvalue weighted by Crippen LogP contribution is 2.32. The first kappa shape index (κ1) is 15.7. The fraction of sp³-hybridized carbons (Fsp3) is 0.235. The molecule has 6 heteroatoms. The fourth-order valence-electron chi connectivity index (χ4n) is 2.91. The van der Waals surface area contributed by atoms with Crippen LogP contribution in [0.1, 0.15) is 28.3 Å². The van der Waals surface area contributed by atoms with E-state index in [2.05, 4.69) is 4.72 Å². The molecule has 118 valence electrons. The minimum atomic E-state index is -3.84. The highest BCUT2D eigenvalue weighted by molar-refractivity contribution is 7.89. The molecule has 2 unspecified atom stereocenters. The number of benzene rings is 2. The van der Waals surface area contributed by atoms with Gasteiger partial charge in [-0.2, -0.15) is 5.26 Å². The predicted octanol–water partition coefficient (Wildman–Crippen LogP) is 1.80. The van der Waals surface area contributed by atoms with Crippen LogP contribution in [0.5, 0.6) is 0 Å². The number of aliphatic hydroxyl groups excluding tert-OH is 1. The Bertz CT molecular complexity index is 900. The summed E-state index contributed by atoms with van der Waals surface area (Å²) in [6, 6.07) is 13.2. The van der Waals surface area contributed by atoms with E-state index in [-0.39, 0.29) is 10.5 Å². The lowest BCUT2D eigenvalue weighted by Gasteiger charge is -2.19. The molecule has 1 aliphatic rings. The van der Waals surface area contributed by atoms with Crippen molar-refractivity contribution in [2.45, 2.75) is 30.4 Å². The van der Waals surface area contributed by atoms with Crippen molar-refractivity contribution in [3.8, 4) is 6.07 Å². The van der Waals surface area contributed by atoms with Gasteiger partial charge >= 0.3 is 0 Å². The summed E-state index contributed by atoms with van der Waals surface area (Å²) >= 11 is 0. The zero-order chi connectivity index (χ0) is 16.6. The van der Waals surface area contributed by atoms with Crippen LogP contribution in [-0.4, -0.2) is 19.6 Å². The zero-order valence-corrected chi connectivity index (χ0v) is 13.3. The van der Waals surface area contributed by atoms with Crippen LogP contribution in [0.2, 0.25) is 0 Å². The third kappa shape index (κ3) is 2.86. The second-order valence-corrected chi connectivity index (χ2v) is 7.34. The van der Waals surface area contributed by atoms with Gasteiger partial charge in [0.25, 0.3) is 0 Å². The molecule has 0 aromatic heterocycles. The Labute approximate surface area is 135 Å². The van der Waals surface area contributed by atoms with Crippen molar-refractivity contribution < 1.29 is 13.5 Å². The number of hydrogen-bond donors (Lipinski definition) is 2. The van der Waals surface area contributed by atoms with Crippen molar-refractivity contribution >= 4 is 10.0 Å². The molecule has 0 aliphatic heterocycles. The summed E-state index contributed by atoms with van der Waals surface area (Å²) in [4.78, 5) is 0.0631. The summed E-state index contributed by atoms with van der Waals surface area (Å²) in [5.74, 6) is 0. The second kappa shape index (κ2) is 5.78. The maximum absolute atomic E-state index is 12.7. The highest BCUT2D eigenvalue weighted by atomic mass is 32.2. The number of aryl methyl sites for hydroxylation is 1. The molecule has 3 rings (SSSR count). The summed E-state index contributed by atoms with van der Waals surface area (Å²) in [7, 11) is -3.84. The Balaban J connectivity index is 1.98. The molecule has 0 amide bonds. The average Bonchev–Trinajstić information content (AvgIpc) is 2.83. The Kier molecular flexibility index (Phi) is 3.94. The Hall–Kier alpha value is -2.20. The van der Waals surface area contributed by atoms with E-state index in [0.29, 0.717) is 12.0 Å². The van der Waals surface area contributed by atoms with Crippen molar-refractivity contribution in [3.63, 3.8) is 0 Å². The van der Waals surface area contributed by atoms with E-state index >= 15 is 0 Å². The molecule has 0 bridgehead atoms. The molecule has 2 N–H and O–H groups in total. The van der Waals surface area contributed by atoms with Gasteiger partial charge in [-0.1, -0.05) is 30.3 Å². The fourth-order valence-corrected chi connectivity index (χ4v) is 4.43. The number of aliphatic hydroxyl groups is 1. The Morgan fingerprint density at radius 3 is 2.74 bits per heavy atom. The van der Waals surface area contributed by atoms with Gasteiger partial charge in [-0.05, 0) is 35.7 Å². The van der Waals surface area contributed by atoms with Crippen LogP contribution in [0.25, 0.3) is 0 Å². The lowest BCUT2D eigenvalue weighted by molar-refractivity contribution is 0.151. The van der Waals surface area contributed by atoms with Gasteiger partial charge in [-0.15, -0.1) is 0 Å². The van der Waals surface area contributed by atoms with Crippen LogP contribution >= 0.6 is 0 Å². The molecular formula is C17H16N2O3S. The number of fused-ring (bicyclic) bond motifs is 1. The summed E-state index contributed by atoms with van der Waals surface area (Å²) < 4.78 is 28.0. The van der Waals surface area contributed by atoms with Crippen molar-refractivity contribution in [1.29, 1.82) is 5.26 Å². The minimum absolute atomic E-state index is 0.0631. The van der Waals surface area contributed by atoms with Crippen molar-refractivity contribution in [2.75, 3.05) is 0 Å². The van der Waals surface area contributed by atoms with E-state index in [1.54, 1.807) is 19.1 Å². The molecule has 1 aliphatic carbocycles. The summed E-state index contributed by atoms with van der Waals surface area (Å²) in [6.45, 7) is 1.68. The minimum Gasteiger partial charge on any atom is -0.391 e. The number of rotatable bonds is 3. The van der Waals surface area contributed by atoms with Gasteiger partial charge in [-0.25, -0.2) is 13.1 Å². The van der Waals surface area contributed by atoms with Gasteiger partial charge in [0.2, 0.25) is 10.0 Å². The summed E-state index contributed by atoms with van der Waals surface area (Å²) in [5.41, 5.74) is 2.56. The summed E-state index contributed by atoms with van der Waals surface area (Å²) in [6.07, 6.45) is -0.387. The quantitative estimate of drug-likeness (QED) is 0.899. The first-order chi connectivity index (χ1) is 10.9. The topological polar surface area (TPSA) is 90.2 Å². The molecule has 0 heterocycles. The Morgan fingerprint density at radius 2 is 2.00 bits per heavy atom. The number of nitriles is 1. The first-order valence-electron chi connectivity index (χ1n) is 7.21. The number of nitrogens with one attached hydrogen (secondary N) is 1. The van der Waals surface area contributed by atoms with Gasteiger partial charge in [-0.3, -0.25) is 0 Å². The largest absolute Gasteiger partial charge is 0.391 e. The molecule has 23 heavy (non-hydrogen) atoms. The lowest BCUT2D eigenvalue weighted by Crippen LogP contribution is -2.34. The van der Waals surface area contributed by atoms with E-state index in [0.717, 1.165) is 11.1 Å². The molecule has 2 aromatic carbocycles. The standard InChI is InChI=1S/C17H16N2O3S/c1-11-6-7-12(10-18)8-16(11)23(21,22)19-17-14-5-3-2-4-13(14)9-15(17)20/h2-8,15,17,19-20H,9H2,1H3. The van der Waals surface area contributed by atoms with E-state index in [1.807, 2.05) is 30.3 Å². The van der Waals surface area contributed by atoms with Crippen LogP contribution in [0, 0.1) is 18.3 Å². The molecule has 2 atom stereocenters. The SMILES string of the molecule is Cc1ccc(C#N)cc1S(=O)(=O)NC1c2ccccc2CC1O. The van der Waals surface area contributed by atoms with Crippen molar-refractivity contribution in [3.05, 3.63) is 64.7 Å². The van der Waals surface area contributed by atoms with Crippen LogP contribution in [0.3, 0.4) is 0 Å². The van der Waals surface area contributed by atoms with Gasteiger partial charge < -0.3 is 5.11 Å². The van der Waals surface area contributed by atoms with Crippen molar-refractivity contribution in [1.82, 2.24) is 4.72 Å². The van der Waals surface area contributed by atoms with Crippen LogP contribution < -0.4 is 4.72 Å². The van der Waals surface area contributed by atoms with Gasteiger partial charge in [0.05, 0.1) is 28.7 Å². The third-order valence-corrected chi connectivity index (χ3v) is 5.68. The maximum atomic E-state index is 12.7. The van der Waals surface area contributed by atoms with Gasteiger partial charge in [0, 0.05) is 6.42 Å². The third-order valence-electron chi connectivity index (χ3n) is 4.09. The monoisotopic (exact) mass is 328 g/mol. The van der Waals surface area contributed by atoms with Crippen LogP contribution in [0.4, 0.5) is 0 Å². The Morgan fingerprint density at radius 1 is 1.26 bits per heavy atom. The maximum Gasteiger partial charge on any atom is 0.241 e. The molecule has 0 saturated carbocycles. The zero-order valence-electron chi connectivity index (χ0n) is 12.5. The predicted molar refractivity (Wildman–Crippen MR) is 85.1 cm³/mol. The van der Waals surface area contributed by atoms with E-state index in [4.69, 9.17) is 5.26 Å². The molecular weight excluding hydrogens is 312 g/mol. The van der Waals surface area contributed by atoms with Crippen molar-refractivity contribution in [2.24, 2.45) is 0 Å². The first-order valence-corrected chi connectivity index (χ1v) is 8.69. The summed E-state index contributed by atoms with van der Waals surface area (Å²) in [5, 5.41) is 19.2. The molecule has 0 saturated heterocycles. The van der Waals surface area contributed by atoms with Crippen LogP contribution in [0.15, 0.2) is 47.4 Å². The molecule has 2 aromatic rings. The van der Waals surface area contributed by atoms with E-state index < -0.39 is 22.2 Å². The molecule has 0 fully saturated rings. The number of nitrogens with zero attached hydrogens (tertiary/aromatic N) is 1. The van der Waals surface area contributed by atoms with E-state index in [9.17, 15) is 13.5 Å². The van der Waals surface area contributed by atoms with Crippen LogP contribution in [-0.2, 0) is 16.4 Å². The number of sulfonamides is 1. The highest BCUT2D eigenvalue weighted by Gasteiger charge is 2.34. The number of hydrogen-bond acceptors (Lipinski definition) is 4. The average molecular weight is 328 g/mol.